The van der Waals surface area contributed by atoms with Gasteiger partial charge in [-0.15, -0.1) is 11.3 Å². The molecule has 100 valence electrons. The number of thiocarbonyl (C=S) groups is 1. The monoisotopic (exact) mass is 295 g/mol. The highest BCUT2D eigenvalue weighted by atomic mass is 32.1. The van der Waals surface area contributed by atoms with Crippen LogP contribution >= 0.6 is 23.6 Å². The third-order valence-corrected chi connectivity index (χ3v) is 3.60. The molecule has 0 radical (unpaired) electrons. The minimum Gasteiger partial charge on any atom is -0.389 e. The zero-order valence-electron chi connectivity index (χ0n) is 10.6. The van der Waals surface area contributed by atoms with Crippen LogP contribution in [0.3, 0.4) is 0 Å². The molecule has 19 heavy (non-hydrogen) atoms. The highest BCUT2D eigenvalue weighted by Gasteiger charge is 2.13. The Balaban J connectivity index is 2.32. The Morgan fingerprint density at radius 2 is 2.21 bits per heavy atom. The van der Waals surface area contributed by atoms with Crippen molar-refractivity contribution in [2.75, 3.05) is 5.32 Å². The molecule has 0 bridgehead atoms. The number of hydrogen-bond donors (Lipinski definition) is 2. The van der Waals surface area contributed by atoms with Gasteiger partial charge >= 0.3 is 0 Å². The lowest BCUT2D eigenvalue weighted by atomic mass is 10.1. The molecule has 0 atom stereocenters. The van der Waals surface area contributed by atoms with Crippen molar-refractivity contribution in [1.82, 2.24) is 4.98 Å². The Kier molecular flexibility index (Phi) is 4.11. The summed E-state index contributed by atoms with van der Waals surface area (Å²) >= 11 is 6.35. The van der Waals surface area contributed by atoms with Crippen LogP contribution in [0.4, 0.5) is 15.2 Å². The smallest absolute Gasteiger partial charge is 0.187 e. The summed E-state index contributed by atoms with van der Waals surface area (Å²) in [6, 6.07) is 4.67. The van der Waals surface area contributed by atoms with Crippen molar-refractivity contribution in [3.8, 4) is 0 Å². The Morgan fingerprint density at radius 1 is 1.47 bits per heavy atom. The molecule has 0 unspecified atom stereocenters. The lowest BCUT2D eigenvalue weighted by Crippen LogP contribution is -2.14. The molecular weight excluding hydrogens is 281 g/mol. The average molecular weight is 295 g/mol. The second kappa shape index (κ2) is 5.63. The van der Waals surface area contributed by atoms with Crippen LogP contribution in [0, 0.1) is 5.82 Å². The van der Waals surface area contributed by atoms with Gasteiger partial charge in [0.05, 0.1) is 16.9 Å². The summed E-state index contributed by atoms with van der Waals surface area (Å²) in [6.45, 7) is 4.14. The molecule has 0 aliphatic carbocycles. The van der Waals surface area contributed by atoms with Crippen LogP contribution in [0.2, 0.25) is 0 Å². The Bertz CT molecular complexity index is 608. The molecule has 0 spiro atoms. The van der Waals surface area contributed by atoms with Crippen molar-refractivity contribution >= 4 is 39.4 Å². The van der Waals surface area contributed by atoms with Crippen LogP contribution in [0.5, 0.6) is 0 Å². The zero-order valence-corrected chi connectivity index (χ0v) is 12.2. The molecule has 1 aromatic heterocycles. The maximum Gasteiger partial charge on any atom is 0.187 e. The number of nitrogens with one attached hydrogen (secondary N) is 1. The van der Waals surface area contributed by atoms with Gasteiger partial charge < -0.3 is 11.1 Å². The maximum atomic E-state index is 13.7. The van der Waals surface area contributed by atoms with E-state index in [1.54, 1.807) is 12.1 Å². The van der Waals surface area contributed by atoms with E-state index in [0.717, 1.165) is 5.69 Å². The van der Waals surface area contributed by atoms with Gasteiger partial charge in [0.1, 0.15) is 10.8 Å². The maximum absolute atomic E-state index is 13.7. The zero-order chi connectivity index (χ0) is 14.0. The summed E-state index contributed by atoms with van der Waals surface area (Å²) < 4.78 is 13.7. The minimum atomic E-state index is -0.432. The Hall–Kier alpha value is -1.53. The fourth-order valence-corrected chi connectivity index (χ4v) is 2.69. The van der Waals surface area contributed by atoms with Gasteiger partial charge in [-0.25, -0.2) is 9.37 Å². The first kappa shape index (κ1) is 13.9. The summed E-state index contributed by atoms with van der Waals surface area (Å²) in [5.41, 5.74) is 7.32. The molecule has 0 aliphatic rings. The van der Waals surface area contributed by atoms with Gasteiger partial charge in [0.25, 0.3) is 0 Å². The van der Waals surface area contributed by atoms with E-state index in [2.05, 4.69) is 24.1 Å². The lowest BCUT2D eigenvalue weighted by Gasteiger charge is -2.09. The second-order valence-corrected chi connectivity index (χ2v) is 5.68. The molecule has 2 rings (SSSR count). The highest BCUT2D eigenvalue weighted by Crippen LogP contribution is 2.27. The SMILES string of the molecule is CC(C)c1csc(Nc2cccc(F)c2C(N)=S)n1. The number of nitrogens with two attached hydrogens (primary N) is 1. The fourth-order valence-electron chi connectivity index (χ4n) is 1.60. The molecule has 3 N–H and O–H groups in total. The third-order valence-electron chi connectivity index (χ3n) is 2.62. The highest BCUT2D eigenvalue weighted by molar-refractivity contribution is 7.80. The largest absolute Gasteiger partial charge is 0.389 e. The van der Waals surface area contributed by atoms with E-state index in [9.17, 15) is 4.39 Å². The van der Waals surface area contributed by atoms with Crippen molar-refractivity contribution in [3.05, 3.63) is 40.7 Å². The van der Waals surface area contributed by atoms with E-state index in [0.29, 0.717) is 16.7 Å². The fraction of sp³-hybridized carbons (Fsp3) is 0.231. The minimum absolute atomic E-state index is 0.0289. The predicted molar refractivity (Wildman–Crippen MR) is 81.8 cm³/mol. The number of nitrogens with zero attached hydrogens (tertiary/aromatic N) is 1. The van der Waals surface area contributed by atoms with E-state index in [-0.39, 0.29) is 10.6 Å². The van der Waals surface area contributed by atoms with Crippen LogP contribution in [0.15, 0.2) is 23.6 Å². The molecule has 2 aromatic rings. The van der Waals surface area contributed by atoms with Crippen LogP contribution in [0.25, 0.3) is 0 Å². The summed E-state index contributed by atoms with van der Waals surface area (Å²) in [4.78, 5) is 4.46. The molecule has 0 aliphatic heterocycles. The first-order valence-corrected chi connectivity index (χ1v) is 7.08. The van der Waals surface area contributed by atoms with Gasteiger partial charge in [0.2, 0.25) is 0 Å². The van der Waals surface area contributed by atoms with E-state index in [1.807, 2.05) is 5.38 Å². The summed E-state index contributed by atoms with van der Waals surface area (Å²) in [5, 5.41) is 5.75. The van der Waals surface area contributed by atoms with Crippen LogP contribution in [0.1, 0.15) is 31.0 Å². The number of benzene rings is 1. The van der Waals surface area contributed by atoms with E-state index in [1.165, 1.54) is 17.4 Å². The van der Waals surface area contributed by atoms with E-state index in [4.69, 9.17) is 18.0 Å². The quantitative estimate of drug-likeness (QED) is 0.843. The van der Waals surface area contributed by atoms with Crippen molar-refractivity contribution in [3.63, 3.8) is 0 Å². The topological polar surface area (TPSA) is 50.9 Å². The molecule has 6 heteroatoms. The number of aromatic nitrogens is 1. The molecule has 0 amide bonds. The molecule has 3 nitrogen and oxygen atoms in total. The number of rotatable bonds is 4. The number of hydrogen-bond acceptors (Lipinski definition) is 4. The molecule has 0 saturated heterocycles. The first-order valence-electron chi connectivity index (χ1n) is 5.79. The normalized spacial score (nSPS) is 10.7. The number of anilines is 2. The first-order chi connectivity index (χ1) is 8.99. The van der Waals surface area contributed by atoms with E-state index >= 15 is 0 Å². The average Bonchev–Trinajstić information content (AvgIpc) is 2.77. The van der Waals surface area contributed by atoms with Gasteiger partial charge in [0.15, 0.2) is 5.13 Å². The summed E-state index contributed by atoms with van der Waals surface area (Å²) in [7, 11) is 0. The van der Waals surface area contributed by atoms with Gasteiger partial charge in [-0.3, -0.25) is 0 Å². The predicted octanol–water partition coefficient (Wildman–Crippen LogP) is 3.78. The lowest BCUT2D eigenvalue weighted by molar-refractivity contribution is 0.626. The van der Waals surface area contributed by atoms with E-state index < -0.39 is 5.82 Å². The van der Waals surface area contributed by atoms with Crippen LogP contribution in [-0.4, -0.2) is 9.97 Å². The third kappa shape index (κ3) is 3.08. The van der Waals surface area contributed by atoms with Crippen LogP contribution in [-0.2, 0) is 0 Å². The van der Waals surface area contributed by atoms with Crippen molar-refractivity contribution in [2.24, 2.45) is 5.73 Å². The van der Waals surface area contributed by atoms with Gasteiger partial charge in [-0.2, -0.15) is 0 Å². The molecule has 0 saturated carbocycles. The number of thiazole rings is 1. The van der Waals surface area contributed by atoms with Gasteiger partial charge in [-0.05, 0) is 18.1 Å². The van der Waals surface area contributed by atoms with Crippen molar-refractivity contribution in [2.45, 2.75) is 19.8 Å². The standard InChI is InChI=1S/C13H14FN3S2/c1-7(2)10-6-19-13(17-10)16-9-5-3-4-8(14)11(9)12(15)18/h3-7H,1-2H3,(H2,15,18)(H,16,17). The molecule has 0 fully saturated rings. The van der Waals surface area contributed by atoms with Crippen LogP contribution < -0.4 is 11.1 Å². The summed E-state index contributed by atoms with van der Waals surface area (Å²) in [5.74, 6) is -0.0764. The van der Waals surface area contributed by atoms with Gasteiger partial charge in [0, 0.05) is 5.38 Å². The van der Waals surface area contributed by atoms with Gasteiger partial charge in [-0.1, -0.05) is 32.1 Å². The second-order valence-electron chi connectivity index (χ2n) is 4.38. The molecule has 1 heterocycles. The Labute approximate surface area is 120 Å². The molecule has 1 aromatic carbocycles. The summed E-state index contributed by atoms with van der Waals surface area (Å²) in [6.07, 6.45) is 0. The number of halogens is 1. The molecular formula is C13H14FN3S2. The van der Waals surface area contributed by atoms with Crippen molar-refractivity contribution in [1.29, 1.82) is 0 Å². The Morgan fingerprint density at radius 3 is 2.79 bits per heavy atom. The van der Waals surface area contributed by atoms with Crippen molar-refractivity contribution < 1.29 is 4.39 Å².